The highest BCUT2D eigenvalue weighted by Crippen LogP contribution is 2.21. The number of hydrogen-bond donors (Lipinski definition) is 2. The average molecular weight is 459 g/mol. The van der Waals surface area contributed by atoms with Crippen LogP contribution < -0.4 is 10.6 Å². The molecule has 1 heterocycles. The molecular formula is C23H30N4O4S. The predicted octanol–water partition coefficient (Wildman–Crippen LogP) is 2.97. The van der Waals surface area contributed by atoms with Crippen LogP contribution in [-0.4, -0.2) is 47.2 Å². The number of aromatic nitrogens is 2. The Hall–Kier alpha value is -2.94. The fraction of sp³-hybridized carbons (Fsp3) is 0.435. The van der Waals surface area contributed by atoms with Gasteiger partial charge >= 0.3 is 5.97 Å². The first-order valence-corrected chi connectivity index (χ1v) is 11.5. The van der Waals surface area contributed by atoms with Crippen molar-refractivity contribution in [3.63, 3.8) is 0 Å². The number of esters is 1. The molecule has 2 amide bonds. The van der Waals surface area contributed by atoms with Crippen LogP contribution in [-0.2, 0) is 25.5 Å². The summed E-state index contributed by atoms with van der Waals surface area (Å²) in [6, 6.07) is 3.96. The van der Waals surface area contributed by atoms with Crippen molar-refractivity contribution < 1.29 is 19.1 Å². The summed E-state index contributed by atoms with van der Waals surface area (Å²) in [6.07, 6.45) is 2.46. The number of hydrogen-bond acceptors (Lipinski definition) is 7. The molecule has 0 fully saturated rings. The number of anilines is 1. The molecule has 0 radical (unpaired) electrons. The van der Waals surface area contributed by atoms with E-state index in [1.165, 1.54) is 11.8 Å². The molecule has 2 rings (SSSR count). The zero-order valence-corrected chi connectivity index (χ0v) is 20.2. The summed E-state index contributed by atoms with van der Waals surface area (Å²) in [5.74, 6) is -1.38. The van der Waals surface area contributed by atoms with E-state index in [2.05, 4.69) is 20.6 Å². The van der Waals surface area contributed by atoms with Gasteiger partial charge in [-0.2, -0.15) is 0 Å². The number of ether oxygens (including phenoxy) is 1. The fourth-order valence-electron chi connectivity index (χ4n) is 3.40. The SMILES string of the molecule is CSc1nc(C)c(CCC(=O)OCC(=O)NCC(=O)Nc2c(C)cc(C)cc2C)c(C)n1. The van der Waals surface area contributed by atoms with Crippen LogP contribution in [0, 0.1) is 34.6 Å². The third-order valence-corrected chi connectivity index (χ3v) is 5.46. The molecule has 0 spiro atoms. The largest absolute Gasteiger partial charge is 0.456 e. The van der Waals surface area contributed by atoms with Crippen LogP contribution >= 0.6 is 11.8 Å². The lowest BCUT2D eigenvalue weighted by Crippen LogP contribution is -2.35. The number of rotatable bonds is 9. The molecule has 0 unspecified atom stereocenters. The van der Waals surface area contributed by atoms with Crippen LogP contribution in [0.3, 0.4) is 0 Å². The smallest absolute Gasteiger partial charge is 0.306 e. The maximum absolute atomic E-state index is 12.2. The molecule has 32 heavy (non-hydrogen) atoms. The number of nitrogens with one attached hydrogen (secondary N) is 2. The number of aryl methyl sites for hydroxylation is 5. The lowest BCUT2D eigenvalue weighted by molar-refractivity contribution is -0.148. The van der Waals surface area contributed by atoms with Gasteiger partial charge < -0.3 is 15.4 Å². The van der Waals surface area contributed by atoms with Gasteiger partial charge in [-0.15, -0.1) is 0 Å². The van der Waals surface area contributed by atoms with Crippen LogP contribution in [0.5, 0.6) is 0 Å². The molecule has 0 aliphatic carbocycles. The fourth-order valence-corrected chi connectivity index (χ4v) is 3.85. The second-order valence-electron chi connectivity index (χ2n) is 7.62. The number of amides is 2. The second kappa shape index (κ2) is 11.6. The van der Waals surface area contributed by atoms with Crippen LogP contribution in [0.25, 0.3) is 0 Å². The normalized spacial score (nSPS) is 10.6. The van der Waals surface area contributed by atoms with Crippen molar-refractivity contribution >= 4 is 35.2 Å². The summed E-state index contributed by atoms with van der Waals surface area (Å²) in [5.41, 5.74) is 6.33. The number of thioether (sulfide) groups is 1. The third kappa shape index (κ3) is 7.33. The first-order chi connectivity index (χ1) is 15.1. The molecule has 0 atom stereocenters. The van der Waals surface area contributed by atoms with Gasteiger partial charge in [0.15, 0.2) is 11.8 Å². The molecule has 2 N–H and O–H groups in total. The van der Waals surface area contributed by atoms with Crippen LogP contribution in [0.1, 0.15) is 40.1 Å². The van der Waals surface area contributed by atoms with Gasteiger partial charge in [0.2, 0.25) is 5.91 Å². The molecule has 172 valence electrons. The Morgan fingerprint density at radius 2 is 1.56 bits per heavy atom. The molecule has 0 bridgehead atoms. The minimum absolute atomic E-state index is 0.114. The second-order valence-corrected chi connectivity index (χ2v) is 8.39. The van der Waals surface area contributed by atoms with Crippen molar-refractivity contribution in [2.24, 2.45) is 0 Å². The maximum Gasteiger partial charge on any atom is 0.306 e. The number of carbonyl (C=O) groups is 3. The van der Waals surface area contributed by atoms with E-state index in [0.717, 1.165) is 39.3 Å². The average Bonchev–Trinajstić information content (AvgIpc) is 2.72. The number of nitrogens with zero attached hydrogens (tertiary/aromatic N) is 2. The van der Waals surface area contributed by atoms with E-state index in [1.807, 2.05) is 53.0 Å². The Labute approximate surface area is 192 Å². The van der Waals surface area contributed by atoms with Crippen LogP contribution in [0.4, 0.5) is 5.69 Å². The molecule has 0 aliphatic heterocycles. The van der Waals surface area contributed by atoms with Gasteiger partial charge in [0.1, 0.15) is 0 Å². The zero-order valence-electron chi connectivity index (χ0n) is 19.4. The Morgan fingerprint density at radius 1 is 0.969 bits per heavy atom. The van der Waals surface area contributed by atoms with Crippen molar-refractivity contribution in [1.82, 2.24) is 15.3 Å². The Morgan fingerprint density at radius 3 is 2.12 bits per heavy atom. The molecule has 9 heteroatoms. The van der Waals surface area contributed by atoms with Gasteiger partial charge in [-0.25, -0.2) is 9.97 Å². The molecule has 0 saturated heterocycles. The van der Waals surface area contributed by atoms with Crippen LogP contribution in [0.2, 0.25) is 0 Å². The number of carbonyl (C=O) groups excluding carboxylic acids is 3. The summed E-state index contributed by atoms with van der Waals surface area (Å²) in [7, 11) is 0. The van der Waals surface area contributed by atoms with Gasteiger partial charge in [-0.05, 0) is 64.0 Å². The Bertz CT molecular complexity index is 977. The van der Waals surface area contributed by atoms with Crippen molar-refractivity contribution in [2.75, 3.05) is 24.7 Å². The highest BCUT2D eigenvalue weighted by Gasteiger charge is 2.14. The molecule has 1 aromatic carbocycles. The van der Waals surface area contributed by atoms with E-state index in [9.17, 15) is 14.4 Å². The predicted molar refractivity (Wildman–Crippen MR) is 125 cm³/mol. The highest BCUT2D eigenvalue weighted by atomic mass is 32.2. The summed E-state index contributed by atoms with van der Waals surface area (Å²) in [6.45, 7) is 8.94. The van der Waals surface area contributed by atoms with Crippen molar-refractivity contribution in [2.45, 2.75) is 52.6 Å². The van der Waals surface area contributed by atoms with E-state index in [1.54, 1.807) is 0 Å². The van der Waals surface area contributed by atoms with E-state index in [4.69, 9.17) is 4.74 Å². The topological polar surface area (TPSA) is 110 Å². The van der Waals surface area contributed by atoms with E-state index in [0.29, 0.717) is 11.6 Å². The van der Waals surface area contributed by atoms with Crippen molar-refractivity contribution in [3.8, 4) is 0 Å². The summed E-state index contributed by atoms with van der Waals surface area (Å²) >= 11 is 1.46. The summed E-state index contributed by atoms with van der Waals surface area (Å²) in [5, 5.41) is 5.97. The first kappa shape index (κ1) is 25.3. The molecule has 0 aliphatic rings. The quantitative estimate of drug-likeness (QED) is 0.338. The maximum atomic E-state index is 12.2. The monoisotopic (exact) mass is 458 g/mol. The van der Waals surface area contributed by atoms with E-state index < -0.39 is 18.5 Å². The first-order valence-electron chi connectivity index (χ1n) is 10.3. The van der Waals surface area contributed by atoms with Gasteiger partial charge in [-0.3, -0.25) is 14.4 Å². The van der Waals surface area contributed by atoms with Gasteiger partial charge in [0, 0.05) is 23.5 Å². The number of benzene rings is 1. The van der Waals surface area contributed by atoms with Gasteiger partial charge in [0.25, 0.3) is 5.91 Å². The molecule has 1 aromatic heterocycles. The van der Waals surface area contributed by atoms with E-state index >= 15 is 0 Å². The third-order valence-electron chi connectivity index (χ3n) is 4.91. The van der Waals surface area contributed by atoms with Gasteiger partial charge in [-0.1, -0.05) is 29.5 Å². The summed E-state index contributed by atoms with van der Waals surface area (Å²) < 4.78 is 5.02. The zero-order chi connectivity index (χ0) is 23.8. The lowest BCUT2D eigenvalue weighted by Gasteiger charge is -2.13. The summed E-state index contributed by atoms with van der Waals surface area (Å²) in [4.78, 5) is 44.9. The minimum atomic E-state index is -0.536. The highest BCUT2D eigenvalue weighted by molar-refractivity contribution is 7.98. The van der Waals surface area contributed by atoms with Crippen molar-refractivity contribution in [1.29, 1.82) is 0 Å². The lowest BCUT2D eigenvalue weighted by atomic mass is 10.1. The molecule has 2 aromatic rings. The van der Waals surface area contributed by atoms with Crippen LogP contribution in [0.15, 0.2) is 17.3 Å². The molecule has 8 nitrogen and oxygen atoms in total. The standard InChI is InChI=1S/C23H30N4O4S/c1-13-9-14(2)22(15(3)10-13)27-19(28)11-24-20(29)12-31-21(30)8-7-18-16(4)25-23(32-6)26-17(18)5/h9-10H,7-8,11-12H2,1-6H3,(H,24,29)(H,27,28). The Balaban J connectivity index is 1.75. The van der Waals surface area contributed by atoms with Gasteiger partial charge in [0.05, 0.1) is 6.54 Å². The molecular weight excluding hydrogens is 428 g/mol. The van der Waals surface area contributed by atoms with Crippen molar-refractivity contribution in [3.05, 3.63) is 45.8 Å². The minimum Gasteiger partial charge on any atom is -0.456 e. The Kier molecular flexibility index (Phi) is 9.19. The molecule has 0 saturated carbocycles. The van der Waals surface area contributed by atoms with E-state index in [-0.39, 0.29) is 18.9 Å².